The maximum atomic E-state index is 4.90. The Morgan fingerprint density at radius 2 is 1.96 bits per heavy atom. The summed E-state index contributed by atoms with van der Waals surface area (Å²) >= 11 is 1.52. The number of aliphatic imine (C=N–C) groups is 1. The lowest BCUT2D eigenvalue weighted by atomic mass is 10.3. The van der Waals surface area contributed by atoms with E-state index in [1.807, 2.05) is 0 Å². The van der Waals surface area contributed by atoms with Gasteiger partial charge in [-0.1, -0.05) is 13.8 Å². The van der Waals surface area contributed by atoms with Gasteiger partial charge in [0.1, 0.15) is 5.82 Å². The topological polar surface area (TPSA) is 59.9 Å². The number of hydrogen-bond donors (Lipinski definition) is 1. The molecule has 1 aliphatic heterocycles. The van der Waals surface area contributed by atoms with Crippen molar-refractivity contribution in [2.75, 3.05) is 57.3 Å². The number of nitrogens with one attached hydrogen (secondary N) is 1. The molecule has 1 aromatic rings. The predicted octanol–water partition coefficient (Wildman–Crippen LogP) is 2.29. The van der Waals surface area contributed by atoms with Crippen LogP contribution in [0.15, 0.2) is 4.99 Å². The number of aryl methyl sites for hydroxylation is 1. The van der Waals surface area contributed by atoms with Crippen LogP contribution in [0, 0.1) is 0 Å². The molecular weight excluding hydrogens is 473 g/mol. The van der Waals surface area contributed by atoms with Crippen molar-refractivity contribution in [3.63, 3.8) is 0 Å². The van der Waals surface area contributed by atoms with Gasteiger partial charge in [0.15, 0.2) is 5.96 Å². The average molecular weight is 507 g/mol. The van der Waals surface area contributed by atoms with E-state index >= 15 is 0 Å². The van der Waals surface area contributed by atoms with Crippen LogP contribution in [0.25, 0.3) is 0 Å². The number of anilines is 1. The van der Waals surface area contributed by atoms with Gasteiger partial charge < -0.3 is 15.1 Å². The molecule has 2 aliphatic rings. The molecule has 0 aromatic carbocycles. The molecule has 1 aromatic heterocycles. The van der Waals surface area contributed by atoms with Gasteiger partial charge in [0.05, 0.1) is 6.54 Å². The van der Waals surface area contributed by atoms with Crippen molar-refractivity contribution >= 4 is 46.6 Å². The van der Waals surface area contributed by atoms with Crippen LogP contribution in [0.2, 0.25) is 0 Å². The lowest BCUT2D eigenvalue weighted by Gasteiger charge is -2.36. The van der Waals surface area contributed by atoms with Crippen molar-refractivity contribution < 1.29 is 0 Å². The molecule has 0 bridgehead atoms. The maximum Gasteiger partial charge on any atom is 0.205 e. The molecule has 1 saturated carbocycles. The lowest BCUT2D eigenvalue weighted by molar-refractivity contribution is 0.285. The number of nitrogens with zero attached hydrogens (tertiary/aromatic N) is 6. The molecular formula is C18H34IN7S. The van der Waals surface area contributed by atoms with Gasteiger partial charge in [-0.05, 0) is 26.3 Å². The van der Waals surface area contributed by atoms with Crippen molar-refractivity contribution in [1.82, 2.24) is 24.5 Å². The van der Waals surface area contributed by atoms with Crippen molar-refractivity contribution in [2.24, 2.45) is 4.99 Å². The fraction of sp³-hybridized carbons (Fsp3) is 0.833. The molecule has 27 heavy (non-hydrogen) atoms. The first kappa shape index (κ1) is 22.6. The Morgan fingerprint density at radius 1 is 1.22 bits per heavy atom. The van der Waals surface area contributed by atoms with Gasteiger partial charge >= 0.3 is 0 Å². The number of hydrogen-bond acceptors (Lipinski definition) is 6. The SMILES string of the molecule is CCNC(=NCCN(CC)C1CC1)N1CCN(c2nc(CC)ns2)CC1.I. The van der Waals surface area contributed by atoms with Gasteiger partial charge in [-0.25, -0.2) is 4.98 Å². The van der Waals surface area contributed by atoms with Crippen LogP contribution in [-0.4, -0.2) is 83.5 Å². The smallest absolute Gasteiger partial charge is 0.205 e. The molecule has 2 fully saturated rings. The van der Waals surface area contributed by atoms with Gasteiger partial charge in [0.25, 0.3) is 0 Å². The second-order valence-electron chi connectivity index (χ2n) is 6.92. The Labute approximate surface area is 184 Å². The Kier molecular flexibility index (Phi) is 9.51. The van der Waals surface area contributed by atoms with E-state index in [-0.39, 0.29) is 24.0 Å². The fourth-order valence-corrected chi connectivity index (χ4v) is 4.18. The summed E-state index contributed by atoms with van der Waals surface area (Å²) in [5.41, 5.74) is 0. The van der Waals surface area contributed by atoms with E-state index in [1.54, 1.807) is 0 Å². The van der Waals surface area contributed by atoms with Crippen molar-refractivity contribution in [1.29, 1.82) is 0 Å². The number of piperazine rings is 1. The third-order valence-electron chi connectivity index (χ3n) is 5.08. The first-order valence-corrected chi connectivity index (χ1v) is 10.9. The highest BCUT2D eigenvalue weighted by Crippen LogP contribution is 2.26. The molecule has 1 N–H and O–H groups in total. The first-order chi connectivity index (χ1) is 12.7. The van der Waals surface area contributed by atoms with Crippen LogP contribution in [0.4, 0.5) is 5.13 Å². The van der Waals surface area contributed by atoms with E-state index < -0.39 is 0 Å². The Morgan fingerprint density at radius 3 is 2.52 bits per heavy atom. The molecule has 7 nitrogen and oxygen atoms in total. The van der Waals surface area contributed by atoms with Gasteiger partial charge in [-0.3, -0.25) is 9.89 Å². The second-order valence-corrected chi connectivity index (χ2v) is 7.65. The molecule has 0 radical (unpaired) electrons. The largest absolute Gasteiger partial charge is 0.357 e. The summed E-state index contributed by atoms with van der Waals surface area (Å²) in [5, 5.41) is 4.53. The summed E-state index contributed by atoms with van der Waals surface area (Å²) in [5.74, 6) is 2.02. The number of guanidine groups is 1. The summed E-state index contributed by atoms with van der Waals surface area (Å²) in [4.78, 5) is 16.8. The summed E-state index contributed by atoms with van der Waals surface area (Å²) < 4.78 is 4.41. The van der Waals surface area contributed by atoms with Crippen LogP contribution in [0.3, 0.4) is 0 Å². The van der Waals surface area contributed by atoms with Crippen molar-refractivity contribution in [3.8, 4) is 0 Å². The van der Waals surface area contributed by atoms with Gasteiger partial charge in [0.2, 0.25) is 5.13 Å². The van der Waals surface area contributed by atoms with Gasteiger partial charge in [0, 0.05) is 63.3 Å². The minimum absolute atomic E-state index is 0. The summed E-state index contributed by atoms with van der Waals surface area (Å²) in [7, 11) is 0. The second kappa shape index (κ2) is 11.4. The van der Waals surface area contributed by atoms with Crippen LogP contribution in [0.1, 0.15) is 39.4 Å². The zero-order valence-electron chi connectivity index (χ0n) is 16.9. The van der Waals surface area contributed by atoms with E-state index in [0.717, 1.165) is 81.7 Å². The molecule has 9 heteroatoms. The number of aromatic nitrogens is 2. The molecule has 154 valence electrons. The minimum atomic E-state index is 0. The predicted molar refractivity (Wildman–Crippen MR) is 125 cm³/mol. The monoisotopic (exact) mass is 507 g/mol. The molecule has 1 aliphatic carbocycles. The van der Waals surface area contributed by atoms with E-state index in [1.165, 1.54) is 24.4 Å². The summed E-state index contributed by atoms with van der Waals surface area (Å²) in [6.45, 7) is 14.4. The lowest BCUT2D eigenvalue weighted by Crippen LogP contribution is -2.52. The van der Waals surface area contributed by atoms with E-state index in [2.05, 4.69) is 50.1 Å². The van der Waals surface area contributed by atoms with E-state index in [9.17, 15) is 0 Å². The summed E-state index contributed by atoms with van der Waals surface area (Å²) in [6, 6.07) is 0.821. The summed E-state index contributed by atoms with van der Waals surface area (Å²) in [6.07, 6.45) is 3.64. The maximum absolute atomic E-state index is 4.90. The molecule has 0 unspecified atom stereocenters. The number of likely N-dealkylation sites (N-methyl/N-ethyl adjacent to an activating group) is 1. The Hall–Kier alpha value is -0.680. The fourth-order valence-electron chi connectivity index (χ4n) is 3.38. The third kappa shape index (κ3) is 6.42. The Balaban J connectivity index is 0.00000261. The van der Waals surface area contributed by atoms with E-state index in [0.29, 0.717) is 0 Å². The molecule has 0 amide bonds. The number of rotatable bonds is 8. The Bertz CT molecular complexity index is 582. The van der Waals surface area contributed by atoms with Crippen LogP contribution < -0.4 is 10.2 Å². The zero-order chi connectivity index (χ0) is 18.4. The molecule has 1 saturated heterocycles. The highest BCUT2D eigenvalue weighted by Gasteiger charge is 2.27. The van der Waals surface area contributed by atoms with Crippen LogP contribution in [0.5, 0.6) is 0 Å². The van der Waals surface area contributed by atoms with Crippen molar-refractivity contribution in [3.05, 3.63) is 5.82 Å². The average Bonchev–Trinajstić information content (AvgIpc) is 3.40. The van der Waals surface area contributed by atoms with Crippen LogP contribution >= 0.6 is 35.5 Å². The quantitative estimate of drug-likeness (QED) is 0.331. The van der Waals surface area contributed by atoms with E-state index in [4.69, 9.17) is 4.99 Å². The van der Waals surface area contributed by atoms with Crippen molar-refractivity contribution in [2.45, 2.75) is 46.1 Å². The molecule has 0 spiro atoms. The minimum Gasteiger partial charge on any atom is -0.357 e. The first-order valence-electron chi connectivity index (χ1n) is 10.1. The zero-order valence-corrected chi connectivity index (χ0v) is 20.0. The number of halogens is 1. The van der Waals surface area contributed by atoms with Gasteiger partial charge in [-0.15, -0.1) is 24.0 Å². The van der Waals surface area contributed by atoms with Crippen LogP contribution in [-0.2, 0) is 6.42 Å². The highest BCUT2D eigenvalue weighted by molar-refractivity contribution is 14.0. The standard InChI is InChI=1S/C18H33N7S.HI/c1-4-16-21-18(26-22-16)25-13-11-24(12-14-25)17(19-5-2)20-9-10-23(6-3)15-7-8-15;/h15H,4-14H2,1-3H3,(H,19,20);1H. The normalized spacial score (nSPS) is 18.0. The third-order valence-corrected chi connectivity index (χ3v) is 5.89. The molecule has 2 heterocycles. The highest BCUT2D eigenvalue weighted by atomic mass is 127. The van der Waals surface area contributed by atoms with Gasteiger partial charge in [-0.2, -0.15) is 4.37 Å². The molecule has 3 rings (SSSR count). The molecule has 0 atom stereocenters.